The highest BCUT2D eigenvalue weighted by atomic mass is 32.2. The molecular weight excluding hydrogens is 292 g/mol. The van der Waals surface area contributed by atoms with Gasteiger partial charge in [-0.15, -0.1) is 0 Å². The maximum atomic E-state index is 12.0. The van der Waals surface area contributed by atoms with Crippen molar-refractivity contribution >= 4 is 27.5 Å². The molecule has 0 aliphatic rings. The second kappa shape index (κ2) is 7.78. The van der Waals surface area contributed by atoms with Crippen LogP contribution in [0, 0.1) is 0 Å². The zero-order valence-corrected chi connectivity index (χ0v) is 13.0. The van der Waals surface area contributed by atoms with Crippen LogP contribution in [0.1, 0.15) is 39.5 Å². The summed E-state index contributed by atoms with van der Waals surface area (Å²) in [6.07, 6.45) is 2.71. The fraction of sp³-hybridized carbons (Fsp3) is 0.429. The minimum atomic E-state index is -3.85. The Morgan fingerprint density at radius 2 is 1.71 bits per heavy atom. The molecule has 0 fully saturated rings. The number of amides is 2. The quantitative estimate of drug-likeness (QED) is 0.753. The number of sulfonamides is 1. The second-order valence-electron chi connectivity index (χ2n) is 4.69. The number of anilines is 1. The number of nitrogens with one attached hydrogen (secondary N) is 2. The largest absolute Gasteiger partial charge is 0.326 e. The molecule has 0 saturated heterocycles. The van der Waals surface area contributed by atoms with Gasteiger partial charge in [0.05, 0.1) is 4.90 Å². The standard InChI is InChI=1S/C14H20N2O4S/c1-3-4-5-6-14(18)16-21(19,20)13-9-7-12(8-10-13)15-11(2)17/h7-10H,3-6H2,1-2H3,(H,15,17)(H,16,18). The Morgan fingerprint density at radius 1 is 1.10 bits per heavy atom. The molecule has 116 valence electrons. The van der Waals surface area contributed by atoms with E-state index in [1.807, 2.05) is 11.6 Å². The van der Waals surface area contributed by atoms with Crippen molar-refractivity contribution in [3.8, 4) is 0 Å². The van der Waals surface area contributed by atoms with Gasteiger partial charge in [0.15, 0.2) is 0 Å². The third-order valence-electron chi connectivity index (χ3n) is 2.74. The zero-order chi connectivity index (χ0) is 15.9. The van der Waals surface area contributed by atoms with E-state index in [1.54, 1.807) is 0 Å². The lowest BCUT2D eigenvalue weighted by Crippen LogP contribution is -2.30. The normalized spacial score (nSPS) is 11.0. The number of unbranched alkanes of at least 4 members (excludes halogenated alkanes) is 2. The van der Waals surface area contributed by atoms with Crippen LogP contribution in [0.25, 0.3) is 0 Å². The van der Waals surface area contributed by atoms with Crippen molar-refractivity contribution in [1.29, 1.82) is 0 Å². The summed E-state index contributed by atoms with van der Waals surface area (Å²) in [4.78, 5) is 22.4. The van der Waals surface area contributed by atoms with Crippen LogP contribution in [0.2, 0.25) is 0 Å². The first-order chi connectivity index (χ1) is 9.85. The molecule has 0 aliphatic carbocycles. The lowest BCUT2D eigenvalue weighted by molar-refractivity contribution is -0.119. The average molecular weight is 312 g/mol. The van der Waals surface area contributed by atoms with E-state index in [-0.39, 0.29) is 17.2 Å². The zero-order valence-electron chi connectivity index (χ0n) is 12.2. The fourth-order valence-electron chi connectivity index (χ4n) is 1.72. The molecule has 0 aliphatic heterocycles. The van der Waals surface area contributed by atoms with E-state index in [1.165, 1.54) is 31.2 Å². The monoisotopic (exact) mass is 312 g/mol. The van der Waals surface area contributed by atoms with Gasteiger partial charge in [-0.1, -0.05) is 19.8 Å². The molecule has 1 aromatic carbocycles. The van der Waals surface area contributed by atoms with Crippen molar-refractivity contribution in [2.45, 2.75) is 44.4 Å². The van der Waals surface area contributed by atoms with Gasteiger partial charge in [-0.25, -0.2) is 13.1 Å². The summed E-state index contributed by atoms with van der Waals surface area (Å²) in [5.41, 5.74) is 0.496. The van der Waals surface area contributed by atoms with Crippen LogP contribution in [-0.2, 0) is 19.6 Å². The highest BCUT2D eigenvalue weighted by Gasteiger charge is 2.17. The molecule has 0 heterocycles. The molecule has 0 spiro atoms. The molecule has 0 radical (unpaired) electrons. The molecule has 0 aromatic heterocycles. The predicted octanol–water partition coefficient (Wildman–Crippen LogP) is 2.03. The number of hydrogen-bond acceptors (Lipinski definition) is 4. The topological polar surface area (TPSA) is 92.3 Å². The van der Waals surface area contributed by atoms with Crippen LogP contribution in [0.3, 0.4) is 0 Å². The van der Waals surface area contributed by atoms with Gasteiger partial charge in [-0.3, -0.25) is 9.59 Å². The van der Waals surface area contributed by atoms with Gasteiger partial charge in [-0.05, 0) is 30.7 Å². The first-order valence-electron chi connectivity index (χ1n) is 6.78. The highest BCUT2D eigenvalue weighted by Crippen LogP contribution is 2.14. The van der Waals surface area contributed by atoms with E-state index in [9.17, 15) is 18.0 Å². The van der Waals surface area contributed by atoms with Crippen molar-refractivity contribution in [3.05, 3.63) is 24.3 Å². The number of carbonyl (C=O) groups is 2. The molecule has 0 unspecified atom stereocenters. The van der Waals surface area contributed by atoms with E-state index in [2.05, 4.69) is 5.32 Å². The fourth-order valence-corrected chi connectivity index (χ4v) is 2.73. The van der Waals surface area contributed by atoms with Crippen LogP contribution in [0.4, 0.5) is 5.69 Å². The van der Waals surface area contributed by atoms with Crippen molar-refractivity contribution in [2.75, 3.05) is 5.32 Å². The average Bonchev–Trinajstić information content (AvgIpc) is 2.38. The Morgan fingerprint density at radius 3 is 2.24 bits per heavy atom. The SMILES string of the molecule is CCCCCC(=O)NS(=O)(=O)c1ccc(NC(C)=O)cc1. The molecule has 1 aromatic rings. The molecule has 2 N–H and O–H groups in total. The van der Waals surface area contributed by atoms with Crippen LogP contribution in [0.5, 0.6) is 0 Å². The van der Waals surface area contributed by atoms with Crippen LogP contribution < -0.4 is 10.0 Å². The molecular formula is C14H20N2O4S. The number of benzene rings is 1. The maximum Gasteiger partial charge on any atom is 0.264 e. The molecule has 0 saturated carbocycles. The van der Waals surface area contributed by atoms with Gasteiger partial charge in [-0.2, -0.15) is 0 Å². The Labute approximate surface area is 125 Å². The Kier molecular flexibility index (Phi) is 6.36. The lowest BCUT2D eigenvalue weighted by atomic mass is 10.2. The molecule has 1 rings (SSSR count). The summed E-state index contributed by atoms with van der Waals surface area (Å²) in [5, 5.41) is 2.54. The van der Waals surface area contributed by atoms with Crippen molar-refractivity contribution in [3.63, 3.8) is 0 Å². The van der Waals surface area contributed by atoms with Gasteiger partial charge in [0, 0.05) is 19.0 Å². The van der Waals surface area contributed by atoms with Crippen LogP contribution in [-0.4, -0.2) is 20.2 Å². The third kappa shape index (κ3) is 5.95. The smallest absolute Gasteiger partial charge is 0.264 e. The Bertz CT molecular complexity index is 594. The van der Waals surface area contributed by atoms with E-state index in [0.29, 0.717) is 12.1 Å². The summed E-state index contributed by atoms with van der Waals surface area (Å²) in [5.74, 6) is -0.746. The van der Waals surface area contributed by atoms with Gasteiger partial charge in [0.1, 0.15) is 0 Å². The molecule has 6 nitrogen and oxygen atoms in total. The summed E-state index contributed by atoms with van der Waals surface area (Å²) in [6.45, 7) is 3.37. The van der Waals surface area contributed by atoms with Crippen molar-refractivity contribution in [2.24, 2.45) is 0 Å². The molecule has 0 bridgehead atoms. The van der Waals surface area contributed by atoms with E-state index < -0.39 is 15.9 Å². The summed E-state index contributed by atoms with van der Waals surface area (Å²) in [6, 6.07) is 5.62. The molecule has 7 heteroatoms. The third-order valence-corrected chi connectivity index (χ3v) is 4.13. The van der Waals surface area contributed by atoms with E-state index >= 15 is 0 Å². The van der Waals surface area contributed by atoms with Gasteiger partial charge in [0.25, 0.3) is 10.0 Å². The van der Waals surface area contributed by atoms with Crippen molar-refractivity contribution in [1.82, 2.24) is 4.72 Å². The minimum Gasteiger partial charge on any atom is -0.326 e. The Hall–Kier alpha value is -1.89. The summed E-state index contributed by atoms with van der Waals surface area (Å²) in [7, 11) is -3.85. The first kappa shape index (κ1) is 17.2. The van der Waals surface area contributed by atoms with Crippen molar-refractivity contribution < 1.29 is 18.0 Å². The van der Waals surface area contributed by atoms with E-state index in [0.717, 1.165) is 12.8 Å². The number of hydrogen-bond donors (Lipinski definition) is 2. The number of carbonyl (C=O) groups excluding carboxylic acids is 2. The van der Waals surface area contributed by atoms with Gasteiger partial charge >= 0.3 is 0 Å². The maximum absolute atomic E-state index is 12.0. The Balaban J connectivity index is 2.69. The van der Waals surface area contributed by atoms with Gasteiger partial charge in [0.2, 0.25) is 11.8 Å². The lowest BCUT2D eigenvalue weighted by Gasteiger charge is -2.08. The molecule has 21 heavy (non-hydrogen) atoms. The highest BCUT2D eigenvalue weighted by molar-refractivity contribution is 7.90. The summed E-state index contributed by atoms with van der Waals surface area (Å²) >= 11 is 0. The van der Waals surface area contributed by atoms with Crippen LogP contribution in [0.15, 0.2) is 29.2 Å². The second-order valence-corrected chi connectivity index (χ2v) is 6.37. The van der Waals surface area contributed by atoms with Crippen LogP contribution >= 0.6 is 0 Å². The summed E-state index contributed by atoms with van der Waals surface area (Å²) < 4.78 is 26.0. The number of rotatable bonds is 7. The molecule has 2 amide bonds. The van der Waals surface area contributed by atoms with Gasteiger partial charge < -0.3 is 5.32 Å². The van der Waals surface area contributed by atoms with E-state index in [4.69, 9.17) is 0 Å². The predicted molar refractivity (Wildman–Crippen MR) is 80.2 cm³/mol. The minimum absolute atomic E-state index is 0.0135. The molecule has 0 atom stereocenters. The first-order valence-corrected chi connectivity index (χ1v) is 8.27.